The van der Waals surface area contributed by atoms with Crippen LogP contribution in [0.25, 0.3) is 11.5 Å². The number of hydrogen-bond donors (Lipinski definition) is 1. The first kappa shape index (κ1) is 14.2. The summed E-state index contributed by atoms with van der Waals surface area (Å²) >= 11 is 0. The highest BCUT2D eigenvalue weighted by Crippen LogP contribution is 2.33. The molecule has 5 nitrogen and oxygen atoms in total. The van der Waals surface area contributed by atoms with Crippen molar-refractivity contribution in [2.24, 2.45) is 5.73 Å². The molecule has 0 bridgehead atoms. The van der Waals surface area contributed by atoms with Crippen LogP contribution < -0.4 is 5.73 Å². The Hall–Kier alpha value is -1.72. The predicted molar refractivity (Wildman–Crippen MR) is 79.6 cm³/mol. The zero-order chi connectivity index (χ0) is 14.7. The molecule has 5 heteroatoms. The Bertz CT molecular complexity index is 603. The Balaban J connectivity index is 1.86. The summed E-state index contributed by atoms with van der Waals surface area (Å²) in [5, 5.41) is 4.13. The second-order valence-corrected chi connectivity index (χ2v) is 5.70. The van der Waals surface area contributed by atoms with Gasteiger partial charge in [-0.1, -0.05) is 17.3 Å². The van der Waals surface area contributed by atoms with Gasteiger partial charge in [0.1, 0.15) is 5.60 Å². The summed E-state index contributed by atoms with van der Waals surface area (Å²) in [6.07, 6.45) is 4.00. The number of aromatic nitrogens is 2. The minimum Gasteiger partial charge on any atom is -0.367 e. The maximum absolute atomic E-state index is 5.86. The molecule has 2 N–H and O–H groups in total. The molecule has 2 aromatic rings. The summed E-state index contributed by atoms with van der Waals surface area (Å²) in [6, 6.07) is 8.07. The lowest BCUT2D eigenvalue weighted by Crippen LogP contribution is -2.31. The molecule has 0 spiro atoms. The summed E-state index contributed by atoms with van der Waals surface area (Å²) < 4.78 is 11.3. The van der Waals surface area contributed by atoms with Crippen LogP contribution in [0.3, 0.4) is 0 Å². The molecule has 21 heavy (non-hydrogen) atoms. The molecule has 1 fully saturated rings. The van der Waals surface area contributed by atoms with Gasteiger partial charge in [0.15, 0.2) is 0 Å². The third kappa shape index (κ3) is 2.99. The zero-order valence-electron chi connectivity index (χ0n) is 12.3. The number of rotatable bonds is 4. The van der Waals surface area contributed by atoms with Crippen molar-refractivity contribution < 1.29 is 9.26 Å². The van der Waals surface area contributed by atoms with Crippen LogP contribution in [-0.4, -0.2) is 23.3 Å². The lowest BCUT2D eigenvalue weighted by atomic mass is 9.95. The summed E-state index contributed by atoms with van der Waals surface area (Å²) in [5.41, 5.74) is 7.28. The number of ether oxygens (including phenoxy) is 1. The van der Waals surface area contributed by atoms with Crippen molar-refractivity contribution in [1.29, 1.82) is 0 Å². The monoisotopic (exact) mass is 287 g/mol. The van der Waals surface area contributed by atoms with Gasteiger partial charge in [-0.2, -0.15) is 4.98 Å². The molecule has 1 aliphatic heterocycles. The standard InChI is InChI=1S/C16H21N3O2/c1-16(8-2-3-10-20-16)15-18-14(21-19-15)13-6-4-5-12(11-13)7-9-17/h4-6,11H,2-3,7-10,17H2,1H3. The fourth-order valence-corrected chi connectivity index (χ4v) is 2.69. The van der Waals surface area contributed by atoms with E-state index >= 15 is 0 Å². The smallest absolute Gasteiger partial charge is 0.258 e. The summed E-state index contributed by atoms with van der Waals surface area (Å²) in [7, 11) is 0. The first-order chi connectivity index (χ1) is 10.2. The van der Waals surface area contributed by atoms with Crippen LogP contribution >= 0.6 is 0 Å². The quantitative estimate of drug-likeness (QED) is 0.935. The van der Waals surface area contributed by atoms with Gasteiger partial charge in [-0.25, -0.2) is 0 Å². The molecule has 0 radical (unpaired) electrons. The van der Waals surface area contributed by atoms with Crippen molar-refractivity contribution in [2.45, 2.75) is 38.2 Å². The van der Waals surface area contributed by atoms with E-state index in [9.17, 15) is 0 Å². The highest BCUT2D eigenvalue weighted by Gasteiger charge is 2.35. The number of nitrogens with zero attached hydrogens (tertiary/aromatic N) is 2. The van der Waals surface area contributed by atoms with Crippen LogP contribution in [0.1, 0.15) is 37.6 Å². The molecule has 1 aromatic carbocycles. The van der Waals surface area contributed by atoms with E-state index < -0.39 is 5.60 Å². The molecule has 1 aromatic heterocycles. The van der Waals surface area contributed by atoms with Crippen molar-refractivity contribution >= 4 is 0 Å². The first-order valence-corrected chi connectivity index (χ1v) is 7.49. The van der Waals surface area contributed by atoms with Crippen LogP contribution in [-0.2, 0) is 16.8 Å². The summed E-state index contributed by atoms with van der Waals surface area (Å²) in [4.78, 5) is 4.54. The van der Waals surface area contributed by atoms with E-state index in [1.807, 2.05) is 25.1 Å². The molecule has 1 unspecified atom stereocenters. The maximum Gasteiger partial charge on any atom is 0.258 e. The van der Waals surface area contributed by atoms with Crippen molar-refractivity contribution in [3.8, 4) is 11.5 Å². The minimum absolute atomic E-state index is 0.422. The SMILES string of the molecule is CC1(c2noc(-c3cccc(CCN)c3)n2)CCCCO1. The Labute approximate surface area is 124 Å². The fraction of sp³-hybridized carbons (Fsp3) is 0.500. The highest BCUT2D eigenvalue weighted by molar-refractivity contribution is 5.54. The van der Waals surface area contributed by atoms with E-state index in [0.717, 1.165) is 37.9 Å². The Morgan fingerprint density at radius 2 is 2.24 bits per heavy atom. The van der Waals surface area contributed by atoms with Crippen LogP contribution in [0.2, 0.25) is 0 Å². The summed E-state index contributed by atoms with van der Waals surface area (Å²) in [5.74, 6) is 1.18. The van der Waals surface area contributed by atoms with Crippen molar-refractivity contribution in [3.63, 3.8) is 0 Å². The Kier molecular flexibility index (Phi) is 4.03. The third-order valence-corrected chi connectivity index (χ3v) is 3.97. The van der Waals surface area contributed by atoms with E-state index in [1.54, 1.807) is 0 Å². The lowest BCUT2D eigenvalue weighted by molar-refractivity contribution is -0.0770. The second-order valence-electron chi connectivity index (χ2n) is 5.70. The molecule has 1 atom stereocenters. The minimum atomic E-state index is -0.422. The van der Waals surface area contributed by atoms with Gasteiger partial charge >= 0.3 is 0 Å². The number of benzene rings is 1. The molecular weight excluding hydrogens is 266 g/mol. The molecule has 1 aliphatic rings. The summed E-state index contributed by atoms with van der Waals surface area (Å²) in [6.45, 7) is 3.42. The van der Waals surface area contributed by atoms with Crippen molar-refractivity contribution in [2.75, 3.05) is 13.2 Å². The second kappa shape index (κ2) is 5.95. The van der Waals surface area contributed by atoms with Crippen molar-refractivity contribution in [3.05, 3.63) is 35.7 Å². The average molecular weight is 287 g/mol. The molecule has 0 aliphatic carbocycles. The molecule has 3 rings (SSSR count). The third-order valence-electron chi connectivity index (χ3n) is 3.97. The van der Waals surface area contributed by atoms with E-state index in [1.165, 1.54) is 5.56 Å². The number of nitrogens with two attached hydrogens (primary N) is 1. The van der Waals surface area contributed by atoms with Crippen LogP contribution in [0, 0.1) is 0 Å². The van der Waals surface area contributed by atoms with Gasteiger partial charge in [-0.3, -0.25) is 0 Å². The van der Waals surface area contributed by atoms with E-state index in [4.69, 9.17) is 15.0 Å². The van der Waals surface area contributed by atoms with Gasteiger partial charge in [0.25, 0.3) is 5.89 Å². The van der Waals surface area contributed by atoms with Gasteiger partial charge in [0, 0.05) is 12.2 Å². The normalized spacial score (nSPS) is 22.4. The molecule has 2 heterocycles. The zero-order valence-corrected chi connectivity index (χ0v) is 12.3. The van der Waals surface area contributed by atoms with Crippen LogP contribution in [0.15, 0.2) is 28.8 Å². The van der Waals surface area contributed by atoms with Gasteiger partial charge in [0.2, 0.25) is 5.82 Å². The first-order valence-electron chi connectivity index (χ1n) is 7.49. The van der Waals surface area contributed by atoms with E-state index in [-0.39, 0.29) is 0 Å². The molecule has 1 saturated heterocycles. The fourth-order valence-electron chi connectivity index (χ4n) is 2.69. The van der Waals surface area contributed by atoms with E-state index in [2.05, 4.69) is 16.2 Å². The van der Waals surface area contributed by atoms with Crippen molar-refractivity contribution in [1.82, 2.24) is 10.1 Å². The molecular formula is C16H21N3O2. The highest BCUT2D eigenvalue weighted by atomic mass is 16.5. The lowest BCUT2D eigenvalue weighted by Gasteiger charge is -2.30. The van der Waals surface area contributed by atoms with Gasteiger partial charge in [0.05, 0.1) is 0 Å². The topological polar surface area (TPSA) is 74.2 Å². The van der Waals surface area contributed by atoms with Gasteiger partial charge < -0.3 is 15.0 Å². The Morgan fingerprint density at radius 3 is 3.00 bits per heavy atom. The van der Waals surface area contributed by atoms with Crippen LogP contribution in [0.4, 0.5) is 0 Å². The molecule has 0 saturated carbocycles. The van der Waals surface area contributed by atoms with Gasteiger partial charge in [-0.15, -0.1) is 0 Å². The van der Waals surface area contributed by atoms with Gasteiger partial charge in [-0.05, 0) is 56.8 Å². The predicted octanol–water partition coefficient (Wildman–Crippen LogP) is 2.65. The van der Waals surface area contributed by atoms with Crippen LogP contribution in [0.5, 0.6) is 0 Å². The molecule has 0 amide bonds. The molecule has 112 valence electrons. The maximum atomic E-state index is 5.86. The largest absolute Gasteiger partial charge is 0.367 e. The number of hydrogen-bond acceptors (Lipinski definition) is 5. The van der Waals surface area contributed by atoms with E-state index in [0.29, 0.717) is 18.3 Å². The average Bonchev–Trinajstić information content (AvgIpc) is 2.99. The Morgan fingerprint density at radius 1 is 1.33 bits per heavy atom.